The van der Waals surface area contributed by atoms with Crippen molar-refractivity contribution in [2.45, 2.75) is 25.8 Å². The van der Waals surface area contributed by atoms with Crippen molar-refractivity contribution in [3.63, 3.8) is 0 Å². The van der Waals surface area contributed by atoms with E-state index in [1.807, 2.05) is 30.3 Å². The van der Waals surface area contributed by atoms with E-state index in [0.717, 1.165) is 5.56 Å². The number of pyridine rings is 1. The lowest BCUT2D eigenvalue weighted by molar-refractivity contribution is -0.132. The molecule has 1 aromatic carbocycles. The lowest BCUT2D eigenvalue weighted by Gasteiger charge is -2.24. The van der Waals surface area contributed by atoms with Crippen LogP contribution in [0.15, 0.2) is 54.9 Å². The Balaban J connectivity index is 1.63. The molecule has 3 amide bonds. The van der Waals surface area contributed by atoms with Gasteiger partial charge in [-0.2, -0.15) is 0 Å². The number of hydrogen-bond acceptors (Lipinski definition) is 5. The molecule has 0 bridgehead atoms. The van der Waals surface area contributed by atoms with Gasteiger partial charge in [-0.1, -0.05) is 30.3 Å². The number of carbonyl (C=O) groups excluding carboxylic acids is 3. The minimum absolute atomic E-state index is 0.114. The Morgan fingerprint density at radius 2 is 1.93 bits per heavy atom. The van der Waals surface area contributed by atoms with E-state index in [2.05, 4.69) is 15.7 Å². The summed E-state index contributed by atoms with van der Waals surface area (Å²) in [7, 11) is 0. The normalized spacial score (nSPS) is 16.0. The highest BCUT2D eigenvalue weighted by Crippen LogP contribution is 2.19. The molecule has 1 aromatic heterocycles. The maximum atomic E-state index is 12.8. The maximum Gasteiger partial charge on any atom is 0.271 e. The Bertz CT molecular complexity index is 923. The molecule has 0 radical (unpaired) electrons. The number of thiocarbonyl (C=S) groups is 1. The number of likely N-dealkylation sites (N-methyl/N-ethyl adjacent to an activating group) is 1. The number of carbonyl (C=O) groups is 3. The summed E-state index contributed by atoms with van der Waals surface area (Å²) < 4.78 is 0. The fourth-order valence-electron chi connectivity index (χ4n) is 3.15. The van der Waals surface area contributed by atoms with Crippen LogP contribution in [-0.4, -0.2) is 56.9 Å². The molecular formula is C21H23N5O3S. The standard InChI is InChI=1S/C21H23N5O3S/c1-2-25-20(29)17(13-18(27)23-12-10-15-7-4-3-5-8-15)26(21(25)30)24-19(28)16-9-6-11-22-14-16/h3-9,11,14,17H,2,10,12-13H2,1H3,(H,23,27)(H,24,28)/t17-/m0/s1. The molecule has 0 saturated carbocycles. The van der Waals surface area contributed by atoms with Crippen molar-refractivity contribution in [1.29, 1.82) is 0 Å². The third-order valence-electron chi connectivity index (χ3n) is 4.72. The number of hydrogen-bond donors (Lipinski definition) is 2. The third kappa shape index (κ3) is 4.98. The summed E-state index contributed by atoms with van der Waals surface area (Å²) in [5.74, 6) is -1.05. The number of benzene rings is 1. The monoisotopic (exact) mass is 425 g/mol. The van der Waals surface area contributed by atoms with Gasteiger partial charge >= 0.3 is 0 Å². The summed E-state index contributed by atoms with van der Waals surface area (Å²) in [6.07, 6.45) is 3.55. The molecule has 1 aliphatic rings. The second-order valence-electron chi connectivity index (χ2n) is 6.72. The molecule has 0 aliphatic carbocycles. The first-order valence-corrected chi connectivity index (χ1v) is 10.1. The second kappa shape index (κ2) is 9.93. The largest absolute Gasteiger partial charge is 0.356 e. The van der Waals surface area contributed by atoms with Crippen LogP contribution in [-0.2, 0) is 16.0 Å². The zero-order valence-electron chi connectivity index (χ0n) is 16.6. The van der Waals surface area contributed by atoms with Crippen molar-refractivity contribution in [1.82, 2.24) is 25.6 Å². The zero-order valence-corrected chi connectivity index (χ0v) is 17.4. The van der Waals surface area contributed by atoms with Crippen LogP contribution in [0.3, 0.4) is 0 Å². The van der Waals surface area contributed by atoms with Gasteiger partial charge in [-0.05, 0) is 43.3 Å². The first-order chi connectivity index (χ1) is 14.5. The van der Waals surface area contributed by atoms with Crippen molar-refractivity contribution < 1.29 is 14.4 Å². The van der Waals surface area contributed by atoms with Gasteiger partial charge in [-0.15, -0.1) is 0 Å². The number of rotatable bonds is 8. The van der Waals surface area contributed by atoms with Gasteiger partial charge in [0.2, 0.25) is 5.91 Å². The average molecular weight is 426 g/mol. The summed E-state index contributed by atoms with van der Waals surface area (Å²) in [5.41, 5.74) is 4.08. The number of aromatic nitrogens is 1. The van der Waals surface area contributed by atoms with Crippen LogP contribution in [0.1, 0.15) is 29.3 Å². The van der Waals surface area contributed by atoms with Crippen LogP contribution in [0.25, 0.3) is 0 Å². The van der Waals surface area contributed by atoms with Crippen LogP contribution in [0.5, 0.6) is 0 Å². The molecule has 1 fully saturated rings. The fourth-order valence-corrected chi connectivity index (χ4v) is 3.55. The molecule has 3 rings (SSSR count). The molecule has 1 atom stereocenters. The van der Waals surface area contributed by atoms with Crippen LogP contribution in [0.4, 0.5) is 0 Å². The van der Waals surface area contributed by atoms with Crippen LogP contribution < -0.4 is 10.7 Å². The van der Waals surface area contributed by atoms with Crippen LogP contribution in [0.2, 0.25) is 0 Å². The number of hydrazine groups is 1. The van der Waals surface area contributed by atoms with Gasteiger partial charge in [-0.25, -0.2) is 5.01 Å². The average Bonchev–Trinajstić information content (AvgIpc) is 2.98. The van der Waals surface area contributed by atoms with Crippen LogP contribution in [0, 0.1) is 0 Å². The number of amides is 3. The molecular weight excluding hydrogens is 402 g/mol. The van der Waals surface area contributed by atoms with E-state index in [-0.39, 0.29) is 23.3 Å². The molecule has 1 saturated heterocycles. The van der Waals surface area contributed by atoms with E-state index in [4.69, 9.17) is 12.2 Å². The van der Waals surface area contributed by atoms with E-state index in [9.17, 15) is 14.4 Å². The summed E-state index contributed by atoms with van der Waals surface area (Å²) in [5, 5.41) is 4.30. The van der Waals surface area contributed by atoms with Gasteiger partial charge in [0.25, 0.3) is 11.8 Å². The topological polar surface area (TPSA) is 94.6 Å². The molecule has 9 heteroatoms. The number of nitrogens with one attached hydrogen (secondary N) is 2. The van der Waals surface area contributed by atoms with Gasteiger partial charge in [-0.3, -0.25) is 29.7 Å². The molecule has 0 unspecified atom stereocenters. The lowest BCUT2D eigenvalue weighted by Crippen LogP contribution is -2.50. The smallest absolute Gasteiger partial charge is 0.271 e. The highest BCUT2D eigenvalue weighted by molar-refractivity contribution is 7.80. The SMILES string of the molecule is CCN1C(=O)[C@H](CC(=O)NCCc2ccccc2)N(NC(=O)c2cccnc2)C1=S. The Kier molecular flexibility index (Phi) is 7.08. The third-order valence-corrected chi connectivity index (χ3v) is 5.14. The summed E-state index contributed by atoms with van der Waals surface area (Å²) in [4.78, 5) is 43.0. The fraction of sp³-hybridized carbons (Fsp3) is 0.286. The van der Waals surface area contributed by atoms with Gasteiger partial charge in [0.1, 0.15) is 6.04 Å². The number of nitrogens with zero attached hydrogens (tertiary/aromatic N) is 3. The second-order valence-corrected chi connectivity index (χ2v) is 7.09. The van der Waals surface area contributed by atoms with Gasteiger partial charge < -0.3 is 5.32 Å². The predicted octanol–water partition coefficient (Wildman–Crippen LogP) is 1.29. The van der Waals surface area contributed by atoms with E-state index >= 15 is 0 Å². The van der Waals surface area contributed by atoms with E-state index in [1.54, 1.807) is 25.3 Å². The van der Waals surface area contributed by atoms with Crippen molar-refractivity contribution in [2.75, 3.05) is 13.1 Å². The van der Waals surface area contributed by atoms with E-state index < -0.39 is 11.9 Å². The van der Waals surface area contributed by atoms with Crippen LogP contribution >= 0.6 is 12.2 Å². The van der Waals surface area contributed by atoms with Crippen molar-refractivity contribution in [3.8, 4) is 0 Å². The first-order valence-electron chi connectivity index (χ1n) is 9.67. The molecule has 2 heterocycles. The Hall–Kier alpha value is -3.33. The zero-order chi connectivity index (χ0) is 21.5. The van der Waals surface area contributed by atoms with E-state index in [1.165, 1.54) is 16.1 Å². The first kappa shape index (κ1) is 21.4. The summed E-state index contributed by atoms with van der Waals surface area (Å²) in [6.45, 7) is 2.59. The molecule has 0 spiro atoms. The van der Waals surface area contributed by atoms with Crippen molar-refractivity contribution in [2.24, 2.45) is 0 Å². The Morgan fingerprint density at radius 1 is 1.17 bits per heavy atom. The molecule has 30 heavy (non-hydrogen) atoms. The molecule has 156 valence electrons. The van der Waals surface area contributed by atoms with Crippen molar-refractivity contribution in [3.05, 3.63) is 66.0 Å². The predicted molar refractivity (Wildman–Crippen MR) is 115 cm³/mol. The van der Waals surface area contributed by atoms with Gasteiger partial charge in [0.15, 0.2) is 5.11 Å². The summed E-state index contributed by atoms with van der Waals surface area (Å²) in [6, 6.07) is 12.1. The van der Waals surface area contributed by atoms with E-state index in [0.29, 0.717) is 25.1 Å². The highest BCUT2D eigenvalue weighted by Gasteiger charge is 2.43. The van der Waals surface area contributed by atoms with Gasteiger partial charge in [0, 0.05) is 25.5 Å². The highest BCUT2D eigenvalue weighted by atomic mass is 32.1. The maximum absolute atomic E-state index is 12.8. The Morgan fingerprint density at radius 3 is 2.60 bits per heavy atom. The van der Waals surface area contributed by atoms with Crippen molar-refractivity contribution >= 4 is 35.1 Å². The lowest BCUT2D eigenvalue weighted by atomic mass is 10.1. The molecule has 2 N–H and O–H groups in total. The molecule has 1 aliphatic heterocycles. The minimum atomic E-state index is -0.894. The molecule has 2 aromatic rings. The molecule has 8 nitrogen and oxygen atoms in total. The van der Waals surface area contributed by atoms with Gasteiger partial charge in [0.05, 0.1) is 12.0 Å². The minimum Gasteiger partial charge on any atom is -0.356 e. The quantitative estimate of drug-likeness (QED) is 0.619. The Labute approximate surface area is 180 Å². The summed E-state index contributed by atoms with van der Waals surface area (Å²) >= 11 is 5.36.